The molecule has 0 aliphatic rings. The molecule has 0 unspecified atom stereocenters. The van der Waals surface area contributed by atoms with Gasteiger partial charge in [0.05, 0.1) is 18.3 Å². The molecule has 0 fully saturated rings. The highest BCUT2D eigenvalue weighted by molar-refractivity contribution is 9.10. The van der Waals surface area contributed by atoms with E-state index in [2.05, 4.69) is 35.1 Å². The Morgan fingerprint density at radius 2 is 1.88 bits per heavy atom. The van der Waals surface area contributed by atoms with Crippen molar-refractivity contribution in [1.82, 2.24) is 0 Å². The number of hydrogen-bond acceptors (Lipinski definition) is 3. The summed E-state index contributed by atoms with van der Waals surface area (Å²) in [4.78, 5) is 12.7. The van der Waals surface area contributed by atoms with Crippen LogP contribution in [0.15, 0.2) is 46.9 Å². The number of halogens is 1. The number of amides is 1. The average molecular weight is 406 g/mol. The summed E-state index contributed by atoms with van der Waals surface area (Å²) in [6, 6.07) is 12.8. The van der Waals surface area contributed by atoms with Crippen molar-refractivity contribution in [3.8, 4) is 11.5 Å². The number of carbonyl (C=O) groups is 1. The molecule has 0 aliphatic carbocycles. The van der Waals surface area contributed by atoms with E-state index in [-0.39, 0.29) is 12.0 Å². The minimum absolute atomic E-state index is 0.0134. The molecule has 134 valence electrons. The molecule has 2 aromatic carbocycles. The first-order valence-corrected chi connectivity index (χ1v) is 9.15. The highest BCUT2D eigenvalue weighted by Gasteiger charge is 2.15. The third-order valence-corrected chi connectivity index (χ3v) is 3.72. The van der Waals surface area contributed by atoms with Crippen LogP contribution in [0.2, 0.25) is 0 Å². The van der Waals surface area contributed by atoms with Gasteiger partial charge >= 0.3 is 0 Å². The first-order valence-electron chi connectivity index (χ1n) is 8.35. The molecule has 0 bridgehead atoms. The molecule has 2 aromatic rings. The Morgan fingerprint density at radius 3 is 2.56 bits per heavy atom. The summed E-state index contributed by atoms with van der Waals surface area (Å²) in [6.07, 6.45) is -0.0134. The quantitative estimate of drug-likeness (QED) is 0.658. The molecule has 0 saturated heterocycles. The van der Waals surface area contributed by atoms with E-state index in [0.717, 1.165) is 10.2 Å². The smallest absolute Gasteiger partial charge is 0.259 e. The molecular weight excluding hydrogens is 382 g/mol. The summed E-state index contributed by atoms with van der Waals surface area (Å²) in [5.74, 6) is 1.51. The van der Waals surface area contributed by atoms with Crippen molar-refractivity contribution in [2.75, 3.05) is 11.9 Å². The Morgan fingerprint density at radius 1 is 1.12 bits per heavy atom. The van der Waals surface area contributed by atoms with Crippen LogP contribution >= 0.6 is 15.9 Å². The predicted octanol–water partition coefficient (Wildman–Crippen LogP) is 5.52. The van der Waals surface area contributed by atoms with E-state index >= 15 is 0 Å². The van der Waals surface area contributed by atoms with Gasteiger partial charge in [-0.05, 0) is 50.1 Å². The van der Waals surface area contributed by atoms with Gasteiger partial charge in [-0.25, -0.2) is 0 Å². The van der Waals surface area contributed by atoms with Crippen molar-refractivity contribution in [2.45, 2.75) is 33.8 Å². The minimum Gasteiger partial charge on any atom is -0.493 e. The van der Waals surface area contributed by atoms with Crippen molar-refractivity contribution < 1.29 is 14.3 Å². The number of nitrogens with one attached hydrogen (secondary N) is 1. The van der Waals surface area contributed by atoms with Crippen LogP contribution in [-0.4, -0.2) is 18.6 Å². The molecule has 0 saturated carbocycles. The van der Waals surface area contributed by atoms with Gasteiger partial charge in [0.2, 0.25) is 0 Å². The molecule has 1 amide bonds. The molecule has 4 nitrogen and oxygen atoms in total. The lowest BCUT2D eigenvalue weighted by atomic mass is 10.1. The largest absolute Gasteiger partial charge is 0.493 e. The molecule has 0 aliphatic heterocycles. The SMILES string of the molecule is CC(C)COc1cccc(NC(=O)c2cc(Br)ccc2OC(C)C)c1. The summed E-state index contributed by atoms with van der Waals surface area (Å²) >= 11 is 3.41. The molecule has 2 rings (SSSR count). The fourth-order valence-corrected chi connectivity index (χ4v) is 2.52. The zero-order chi connectivity index (χ0) is 18.4. The van der Waals surface area contributed by atoms with Crippen molar-refractivity contribution in [3.63, 3.8) is 0 Å². The van der Waals surface area contributed by atoms with Crippen molar-refractivity contribution in [2.24, 2.45) is 5.92 Å². The highest BCUT2D eigenvalue weighted by atomic mass is 79.9. The topological polar surface area (TPSA) is 47.6 Å². The summed E-state index contributed by atoms with van der Waals surface area (Å²) in [5, 5.41) is 2.91. The molecular formula is C20H24BrNO3. The van der Waals surface area contributed by atoms with Crippen molar-refractivity contribution in [1.29, 1.82) is 0 Å². The lowest BCUT2D eigenvalue weighted by molar-refractivity contribution is 0.102. The maximum atomic E-state index is 12.7. The van der Waals surface area contributed by atoms with Gasteiger partial charge in [0, 0.05) is 16.2 Å². The summed E-state index contributed by atoms with van der Waals surface area (Å²) in [5.41, 5.74) is 1.17. The van der Waals surface area contributed by atoms with Crippen LogP contribution in [0.3, 0.4) is 0 Å². The maximum Gasteiger partial charge on any atom is 0.259 e. The second-order valence-corrected chi connectivity index (χ2v) is 7.41. The molecule has 0 heterocycles. The first kappa shape index (κ1) is 19.3. The molecule has 5 heteroatoms. The van der Waals surface area contributed by atoms with Gasteiger partial charge in [0.15, 0.2) is 0 Å². The van der Waals surface area contributed by atoms with E-state index in [1.807, 2.05) is 44.2 Å². The third kappa shape index (κ3) is 6.09. The van der Waals surface area contributed by atoms with Gasteiger partial charge in [-0.1, -0.05) is 35.8 Å². The Bertz CT molecular complexity index is 729. The minimum atomic E-state index is -0.224. The number of ether oxygens (including phenoxy) is 2. The Balaban J connectivity index is 2.17. The van der Waals surface area contributed by atoms with Crippen LogP contribution in [0.25, 0.3) is 0 Å². The molecule has 0 spiro atoms. The van der Waals surface area contributed by atoms with Gasteiger partial charge in [0.1, 0.15) is 11.5 Å². The molecule has 1 N–H and O–H groups in total. The normalized spacial score (nSPS) is 10.8. The zero-order valence-corrected chi connectivity index (χ0v) is 16.6. The third-order valence-electron chi connectivity index (χ3n) is 3.22. The number of anilines is 1. The number of hydrogen-bond donors (Lipinski definition) is 1. The van der Waals surface area contributed by atoms with Crippen LogP contribution in [0.5, 0.6) is 11.5 Å². The van der Waals surface area contributed by atoms with Crippen LogP contribution < -0.4 is 14.8 Å². The van der Waals surface area contributed by atoms with E-state index in [9.17, 15) is 4.79 Å². The fourth-order valence-electron chi connectivity index (χ4n) is 2.16. The number of rotatable bonds is 7. The standard InChI is InChI=1S/C20H24BrNO3/c1-13(2)12-24-17-7-5-6-16(11-17)22-20(23)18-10-15(21)8-9-19(18)25-14(3)4/h5-11,13-14H,12H2,1-4H3,(H,22,23). The van der Waals surface area contributed by atoms with Crippen LogP contribution in [-0.2, 0) is 0 Å². The lowest BCUT2D eigenvalue weighted by Crippen LogP contribution is -2.16. The second-order valence-electron chi connectivity index (χ2n) is 6.49. The van der Waals surface area contributed by atoms with Gasteiger partial charge in [0.25, 0.3) is 5.91 Å². The van der Waals surface area contributed by atoms with E-state index in [1.54, 1.807) is 12.1 Å². The van der Waals surface area contributed by atoms with Crippen LogP contribution in [0.4, 0.5) is 5.69 Å². The maximum absolute atomic E-state index is 12.7. The summed E-state index contributed by atoms with van der Waals surface area (Å²) in [6.45, 7) is 8.68. The Labute approximate surface area is 157 Å². The van der Waals surface area contributed by atoms with E-state index in [4.69, 9.17) is 9.47 Å². The molecule has 0 atom stereocenters. The van der Waals surface area contributed by atoms with Gasteiger partial charge < -0.3 is 14.8 Å². The summed E-state index contributed by atoms with van der Waals surface area (Å²) < 4.78 is 12.3. The van der Waals surface area contributed by atoms with Gasteiger partial charge in [-0.15, -0.1) is 0 Å². The van der Waals surface area contributed by atoms with Gasteiger partial charge in [-0.3, -0.25) is 4.79 Å². The average Bonchev–Trinajstić information content (AvgIpc) is 2.54. The van der Waals surface area contributed by atoms with Gasteiger partial charge in [-0.2, -0.15) is 0 Å². The number of carbonyl (C=O) groups excluding carboxylic acids is 1. The van der Waals surface area contributed by atoms with E-state index < -0.39 is 0 Å². The number of benzene rings is 2. The highest BCUT2D eigenvalue weighted by Crippen LogP contribution is 2.26. The van der Waals surface area contributed by atoms with Crippen LogP contribution in [0.1, 0.15) is 38.1 Å². The molecule has 25 heavy (non-hydrogen) atoms. The molecule has 0 aromatic heterocycles. The van der Waals surface area contributed by atoms with E-state index in [1.165, 1.54) is 0 Å². The first-order chi connectivity index (χ1) is 11.8. The predicted molar refractivity (Wildman–Crippen MR) is 105 cm³/mol. The zero-order valence-electron chi connectivity index (χ0n) is 15.0. The molecule has 0 radical (unpaired) electrons. The van der Waals surface area contributed by atoms with E-state index in [0.29, 0.717) is 29.5 Å². The monoisotopic (exact) mass is 405 g/mol. The van der Waals surface area contributed by atoms with Crippen molar-refractivity contribution in [3.05, 3.63) is 52.5 Å². The van der Waals surface area contributed by atoms with Crippen molar-refractivity contribution >= 4 is 27.5 Å². The Hall–Kier alpha value is -2.01. The fraction of sp³-hybridized carbons (Fsp3) is 0.350. The second kappa shape index (κ2) is 8.90. The summed E-state index contributed by atoms with van der Waals surface area (Å²) in [7, 11) is 0. The van der Waals surface area contributed by atoms with Crippen LogP contribution in [0, 0.1) is 5.92 Å². The Kier molecular flexibility index (Phi) is 6.88. The lowest BCUT2D eigenvalue weighted by Gasteiger charge is -2.15.